The summed E-state index contributed by atoms with van der Waals surface area (Å²) in [4.78, 5) is 15.0. The quantitative estimate of drug-likeness (QED) is 0.757. The highest BCUT2D eigenvalue weighted by molar-refractivity contribution is 5.78. The van der Waals surface area contributed by atoms with Gasteiger partial charge in [-0.3, -0.25) is 9.69 Å². The van der Waals surface area contributed by atoms with Crippen LogP contribution in [0.5, 0.6) is 0 Å². The average Bonchev–Trinajstić information content (AvgIpc) is 3.11. The molecule has 2 N–H and O–H groups in total. The molecule has 1 saturated carbocycles. The molecule has 0 aromatic heterocycles. The summed E-state index contributed by atoms with van der Waals surface area (Å²) < 4.78 is 5.14. The molecule has 122 valence electrons. The Balaban J connectivity index is 1.70. The summed E-state index contributed by atoms with van der Waals surface area (Å²) >= 11 is 0. The Labute approximate surface area is 135 Å². The number of aliphatic hydroxyl groups excluding tert-OH is 1. The smallest absolute Gasteiger partial charge is 0.311 e. The zero-order valence-electron chi connectivity index (χ0n) is 13.2. The predicted molar refractivity (Wildman–Crippen MR) is 85.1 cm³/mol. The first-order valence-electron chi connectivity index (χ1n) is 8.53. The van der Waals surface area contributed by atoms with Gasteiger partial charge in [0.1, 0.15) is 0 Å². The van der Waals surface area contributed by atoms with Gasteiger partial charge in [0, 0.05) is 29.6 Å². The minimum absolute atomic E-state index is 0.0123. The van der Waals surface area contributed by atoms with E-state index in [-0.39, 0.29) is 29.3 Å². The van der Waals surface area contributed by atoms with Crippen LogP contribution < -0.4 is 5.32 Å². The molecular formula is C18H22N2O3. The van der Waals surface area contributed by atoms with E-state index in [0.29, 0.717) is 12.6 Å². The van der Waals surface area contributed by atoms with Gasteiger partial charge in [0.25, 0.3) is 0 Å². The highest BCUT2D eigenvalue weighted by atomic mass is 16.5. The van der Waals surface area contributed by atoms with Gasteiger partial charge < -0.3 is 15.2 Å². The maximum Gasteiger partial charge on any atom is 0.311 e. The van der Waals surface area contributed by atoms with E-state index in [1.807, 2.05) is 6.07 Å². The van der Waals surface area contributed by atoms with Crippen molar-refractivity contribution in [2.24, 2.45) is 11.8 Å². The van der Waals surface area contributed by atoms with E-state index in [1.54, 1.807) is 0 Å². The number of carbonyl (C=O) groups excluding carboxylic acids is 1. The fourth-order valence-electron chi connectivity index (χ4n) is 5.99. The normalized spacial score (nSPS) is 43.5. The second-order valence-electron chi connectivity index (χ2n) is 7.48. The summed E-state index contributed by atoms with van der Waals surface area (Å²) in [5.74, 6) is -0.474. The molecule has 5 nitrogen and oxygen atoms in total. The van der Waals surface area contributed by atoms with Crippen molar-refractivity contribution >= 4 is 11.7 Å². The Hall–Kier alpha value is -1.59. The van der Waals surface area contributed by atoms with E-state index in [2.05, 4.69) is 28.4 Å². The van der Waals surface area contributed by atoms with Crippen LogP contribution in [0.4, 0.5) is 5.69 Å². The van der Waals surface area contributed by atoms with Crippen molar-refractivity contribution in [3.05, 3.63) is 29.8 Å². The van der Waals surface area contributed by atoms with Gasteiger partial charge in [-0.2, -0.15) is 0 Å². The molecule has 23 heavy (non-hydrogen) atoms. The molecule has 4 aliphatic rings. The predicted octanol–water partition coefficient (Wildman–Crippen LogP) is 0.976. The second-order valence-corrected chi connectivity index (χ2v) is 7.48. The van der Waals surface area contributed by atoms with Crippen molar-refractivity contribution in [3.63, 3.8) is 0 Å². The number of nitrogens with zero attached hydrogens (tertiary/aromatic N) is 1. The van der Waals surface area contributed by atoms with Crippen LogP contribution in [0.3, 0.4) is 0 Å². The van der Waals surface area contributed by atoms with E-state index in [1.165, 1.54) is 12.7 Å². The molecule has 2 bridgehead atoms. The van der Waals surface area contributed by atoms with Crippen molar-refractivity contribution in [2.75, 3.05) is 25.5 Å². The van der Waals surface area contributed by atoms with Crippen LogP contribution in [0.2, 0.25) is 0 Å². The number of fused-ring (bicyclic) bond motifs is 2. The third kappa shape index (κ3) is 1.52. The summed E-state index contributed by atoms with van der Waals surface area (Å²) in [5, 5.41) is 14.2. The van der Waals surface area contributed by atoms with Crippen LogP contribution in [0.1, 0.15) is 18.4 Å². The van der Waals surface area contributed by atoms with Crippen molar-refractivity contribution in [3.8, 4) is 0 Å². The Morgan fingerprint density at radius 2 is 2.26 bits per heavy atom. The van der Waals surface area contributed by atoms with E-state index in [4.69, 9.17) is 4.74 Å². The van der Waals surface area contributed by atoms with Gasteiger partial charge in [0.2, 0.25) is 0 Å². The maximum absolute atomic E-state index is 12.6. The van der Waals surface area contributed by atoms with E-state index < -0.39 is 6.10 Å². The van der Waals surface area contributed by atoms with E-state index in [0.717, 1.165) is 25.1 Å². The average molecular weight is 314 g/mol. The molecule has 5 heteroatoms. The lowest BCUT2D eigenvalue weighted by atomic mass is 9.56. The largest absolute Gasteiger partial charge is 0.469 e. The molecule has 2 unspecified atom stereocenters. The molecule has 0 radical (unpaired) electrons. The molecule has 6 atom stereocenters. The number of aliphatic hydroxyl groups is 1. The molecule has 3 aliphatic heterocycles. The number of nitrogens with one attached hydrogen (secondary N) is 1. The van der Waals surface area contributed by atoms with Crippen LogP contribution in [0.25, 0.3) is 0 Å². The summed E-state index contributed by atoms with van der Waals surface area (Å²) in [5.41, 5.74) is 2.48. The van der Waals surface area contributed by atoms with Gasteiger partial charge in [0.15, 0.2) is 0 Å². The van der Waals surface area contributed by atoms with Gasteiger partial charge in [0.05, 0.1) is 25.2 Å². The van der Waals surface area contributed by atoms with Crippen LogP contribution in [0, 0.1) is 11.8 Å². The lowest BCUT2D eigenvalue weighted by Crippen LogP contribution is -2.66. The van der Waals surface area contributed by atoms with E-state index in [9.17, 15) is 9.90 Å². The fourth-order valence-corrected chi connectivity index (χ4v) is 5.99. The number of hydrogen-bond donors (Lipinski definition) is 2. The number of anilines is 1. The number of carbonyl (C=O) groups is 1. The lowest BCUT2D eigenvalue weighted by molar-refractivity contribution is -0.157. The molecule has 0 amide bonds. The molecule has 1 aliphatic carbocycles. The zero-order chi connectivity index (χ0) is 15.8. The Morgan fingerprint density at radius 1 is 1.43 bits per heavy atom. The third-order valence-electron chi connectivity index (χ3n) is 6.85. The van der Waals surface area contributed by atoms with Gasteiger partial charge in [-0.05, 0) is 31.0 Å². The molecule has 1 spiro atoms. The van der Waals surface area contributed by atoms with Crippen molar-refractivity contribution in [1.82, 2.24) is 4.90 Å². The molecule has 1 aromatic rings. The summed E-state index contributed by atoms with van der Waals surface area (Å²) in [6, 6.07) is 8.90. The van der Waals surface area contributed by atoms with Crippen molar-refractivity contribution in [1.29, 1.82) is 0 Å². The Morgan fingerprint density at radius 3 is 3.09 bits per heavy atom. The number of benzene rings is 1. The fraction of sp³-hybridized carbons (Fsp3) is 0.611. The number of hydrogen-bond acceptors (Lipinski definition) is 5. The number of methoxy groups -OCH3 is 1. The first kappa shape index (κ1) is 13.8. The van der Waals surface area contributed by atoms with Crippen LogP contribution in [0.15, 0.2) is 24.3 Å². The first-order valence-corrected chi connectivity index (χ1v) is 8.53. The second kappa shape index (κ2) is 4.48. The van der Waals surface area contributed by atoms with Crippen LogP contribution in [-0.2, 0) is 14.9 Å². The van der Waals surface area contributed by atoms with Gasteiger partial charge in [-0.15, -0.1) is 0 Å². The number of para-hydroxylation sites is 1. The molecular weight excluding hydrogens is 292 g/mol. The molecule has 1 aromatic carbocycles. The molecule has 3 heterocycles. The molecule has 2 saturated heterocycles. The minimum atomic E-state index is -0.447. The number of esters is 1. The Bertz CT molecular complexity index is 678. The summed E-state index contributed by atoms with van der Waals surface area (Å²) in [7, 11) is 1.46. The standard InChI is InChI=1S/C18H22N2O3/c1-23-17(22)15-10-8-14-18(6-7-20(14)9-13(10)21)11-4-2-3-5-12(11)19-16(15)18/h2-5,10,13-16,19,21H,6-9H2,1H3/t10-,13-,14-,15?,16?,18+/m0/s1. The highest BCUT2D eigenvalue weighted by Crippen LogP contribution is 2.60. The number of rotatable bonds is 1. The first-order chi connectivity index (χ1) is 11.2. The Kier molecular flexibility index (Phi) is 2.69. The topological polar surface area (TPSA) is 61.8 Å². The van der Waals surface area contributed by atoms with Gasteiger partial charge in [-0.25, -0.2) is 0 Å². The lowest BCUT2D eigenvalue weighted by Gasteiger charge is -2.54. The number of piperidine rings is 1. The van der Waals surface area contributed by atoms with Crippen molar-refractivity contribution < 1.29 is 14.6 Å². The minimum Gasteiger partial charge on any atom is -0.469 e. The molecule has 5 rings (SSSR count). The van der Waals surface area contributed by atoms with Gasteiger partial charge in [-0.1, -0.05) is 18.2 Å². The van der Waals surface area contributed by atoms with Gasteiger partial charge >= 0.3 is 5.97 Å². The summed E-state index contributed by atoms with van der Waals surface area (Å²) in [6.45, 7) is 1.67. The maximum atomic E-state index is 12.6. The monoisotopic (exact) mass is 314 g/mol. The summed E-state index contributed by atoms with van der Waals surface area (Å²) in [6.07, 6.45) is 1.48. The van der Waals surface area contributed by atoms with Crippen LogP contribution >= 0.6 is 0 Å². The zero-order valence-corrected chi connectivity index (χ0v) is 13.2. The third-order valence-corrected chi connectivity index (χ3v) is 6.85. The van der Waals surface area contributed by atoms with Crippen molar-refractivity contribution in [2.45, 2.75) is 36.4 Å². The number of ether oxygens (including phenoxy) is 1. The van der Waals surface area contributed by atoms with E-state index >= 15 is 0 Å². The molecule has 3 fully saturated rings. The van der Waals surface area contributed by atoms with Crippen LogP contribution in [-0.4, -0.2) is 54.4 Å². The highest BCUT2D eigenvalue weighted by Gasteiger charge is 2.67. The SMILES string of the molecule is COC(=O)C1C2Nc3ccccc3[C@@]23CCN2C[C@H](O)[C@@H]1C[C@H]23.